The van der Waals surface area contributed by atoms with Crippen LogP contribution in [0.1, 0.15) is 19.4 Å². The molecule has 2 rings (SSSR count). The van der Waals surface area contributed by atoms with E-state index in [-0.39, 0.29) is 6.61 Å². The van der Waals surface area contributed by atoms with Crippen molar-refractivity contribution < 1.29 is 19.4 Å². The Bertz CT molecular complexity index is 627. The fourth-order valence-electron chi connectivity index (χ4n) is 2.16. The summed E-state index contributed by atoms with van der Waals surface area (Å²) in [6.07, 6.45) is 0. The summed E-state index contributed by atoms with van der Waals surface area (Å²) in [5, 5.41) is 10.3. The molecule has 0 saturated heterocycles. The third-order valence-electron chi connectivity index (χ3n) is 3.54. The molecule has 1 atom stereocenters. The zero-order chi connectivity index (χ0) is 16.2. The van der Waals surface area contributed by atoms with E-state index >= 15 is 0 Å². The van der Waals surface area contributed by atoms with Crippen LogP contribution >= 0.6 is 0 Å². The van der Waals surface area contributed by atoms with Crippen molar-refractivity contribution in [1.29, 1.82) is 0 Å². The smallest absolute Gasteiger partial charge is 0.342 e. The summed E-state index contributed by atoms with van der Waals surface area (Å²) in [5.41, 5.74) is 0.881. The molecule has 2 aromatic rings. The molecular weight excluding hydrogens is 280 g/mol. The maximum absolute atomic E-state index is 11.8. The normalized spacial score (nSPS) is 13.3. The number of methoxy groups -OCH3 is 1. The first-order valence-electron chi connectivity index (χ1n) is 7.13. The maximum Gasteiger partial charge on any atom is 0.342 e. The average Bonchev–Trinajstić information content (AvgIpc) is 2.55. The zero-order valence-electron chi connectivity index (χ0n) is 13.0. The summed E-state index contributed by atoms with van der Waals surface area (Å²) in [4.78, 5) is 11.8. The van der Waals surface area contributed by atoms with Crippen LogP contribution in [0.5, 0.6) is 5.75 Å². The van der Waals surface area contributed by atoms with Crippen molar-refractivity contribution in [3.8, 4) is 16.9 Å². The van der Waals surface area contributed by atoms with Crippen LogP contribution in [0, 0.1) is 0 Å². The van der Waals surface area contributed by atoms with Gasteiger partial charge in [-0.3, -0.25) is 0 Å². The van der Waals surface area contributed by atoms with Gasteiger partial charge >= 0.3 is 5.97 Å². The number of carbonyl (C=O) groups excluding carboxylic acids is 1. The van der Waals surface area contributed by atoms with E-state index in [0.29, 0.717) is 5.56 Å². The van der Waals surface area contributed by atoms with E-state index in [2.05, 4.69) is 0 Å². The Morgan fingerprint density at radius 1 is 1.05 bits per heavy atom. The van der Waals surface area contributed by atoms with Crippen molar-refractivity contribution in [2.24, 2.45) is 0 Å². The van der Waals surface area contributed by atoms with Crippen molar-refractivity contribution in [3.05, 3.63) is 54.1 Å². The van der Waals surface area contributed by atoms with Crippen molar-refractivity contribution in [2.45, 2.75) is 19.4 Å². The molecule has 1 unspecified atom stereocenters. The van der Waals surface area contributed by atoms with Gasteiger partial charge in [0.2, 0.25) is 0 Å². The van der Waals surface area contributed by atoms with Gasteiger partial charge in [-0.2, -0.15) is 0 Å². The Hall–Kier alpha value is -2.33. The van der Waals surface area contributed by atoms with Gasteiger partial charge in [-0.05, 0) is 42.7 Å². The topological polar surface area (TPSA) is 55.8 Å². The number of esters is 1. The molecule has 0 aliphatic rings. The number of ether oxygens (including phenoxy) is 2. The van der Waals surface area contributed by atoms with Crippen LogP contribution in [-0.2, 0) is 15.1 Å². The molecular formula is C18H20O4. The minimum atomic E-state index is -1.64. The zero-order valence-corrected chi connectivity index (χ0v) is 13.0. The lowest BCUT2D eigenvalue weighted by molar-refractivity contribution is -0.164. The highest BCUT2D eigenvalue weighted by Gasteiger charge is 2.33. The van der Waals surface area contributed by atoms with Gasteiger partial charge in [0.05, 0.1) is 13.7 Å². The van der Waals surface area contributed by atoms with Gasteiger partial charge in [0.15, 0.2) is 5.60 Å². The quantitative estimate of drug-likeness (QED) is 0.862. The fraction of sp³-hybridized carbons (Fsp3) is 0.278. The molecule has 0 bridgehead atoms. The van der Waals surface area contributed by atoms with E-state index in [0.717, 1.165) is 16.9 Å². The van der Waals surface area contributed by atoms with Crippen LogP contribution in [0.2, 0.25) is 0 Å². The molecule has 116 valence electrons. The van der Waals surface area contributed by atoms with Crippen LogP contribution in [0.15, 0.2) is 48.5 Å². The SMILES string of the molecule is CCOC(=O)C(C)(O)c1ccc(-c2ccc(OC)cc2)cc1. The lowest BCUT2D eigenvalue weighted by atomic mass is 9.94. The van der Waals surface area contributed by atoms with E-state index in [9.17, 15) is 9.90 Å². The third kappa shape index (κ3) is 3.28. The van der Waals surface area contributed by atoms with E-state index in [4.69, 9.17) is 9.47 Å². The van der Waals surface area contributed by atoms with Gasteiger partial charge in [0.25, 0.3) is 0 Å². The summed E-state index contributed by atoms with van der Waals surface area (Å²) in [5.74, 6) is 0.151. The van der Waals surface area contributed by atoms with Gasteiger partial charge in [-0.15, -0.1) is 0 Å². The first-order valence-corrected chi connectivity index (χ1v) is 7.13. The van der Waals surface area contributed by atoms with Gasteiger partial charge in [-0.1, -0.05) is 36.4 Å². The number of hydrogen-bond acceptors (Lipinski definition) is 4. The lowest BCUT2D eigenvalue weighted by Crippen LogP contribution is -2.34. The molecule has 0 aromatic heterocycles. The second kappa shape index (κ2) is 6.62. The molecule has 0 saturated carbocycles. The summed E-state index contributed by atoms with van der Waals surface area (Å²) in [7, 11) is 1.63. The molecule has 4 heteroatoms. The van der Waals surface area contributed by atoms with Crippen LogP contribution in [0.4, 0.5) is 0 Å². The van der Waals surface area contributed by atoms with E-state index in [1.54, 1.807) is 26.2 Å². The number of carbonyl (C=O) groups is 1. The Kier molecular flexibility index (Phi) is 4.83. The number of benzene rings is 2. The van der Waals surface area contributed by atoms with Gasteiger partial charge in [0, 0.05) is 0 Å². The summed E-state index contributed by atoms with van der Waals surface area (Å²) < 4.78 is 10.0. The van der Waals surface area contributed by atoms with Gasteiger partial charge in [0.1, 0.15) is 5.75 Å². The highest BCUT2D eigenvalue weighted by molar-refractivity contribution is 5.81. The molecule has 0 spiro atoms. The van der Waals surface area contributed by atoms with Crippen molar-refractivity contribution in [1.82, 2.24) is 0 Å². The summed E-state index contributed by atoms with van der Waals surface area (Å²) in [6.45, 7) is 3.38. The van der Waals surface area contributed by atoms with E-state index < -0.39 is 11.6 Å². The van der Waals surface area contributed by atoms with Crippen LogP contribution in [0.3, 0.4) is 0 Å². The number of aliphatic hydroxyl groups is 1. The van der Waals surface area contributed by atoms with Crippen molar-refractivity contribution >= 4 is 5.97 Å². The maximum atomic E-state index is 11.8. The molecule has 0 heterocycles. The monoisotopic (exact) mass is 300 g/mol. The molecule has 4 nitrogen and oxygen atoms in total. The minimum Gasteiger partial charge on any atom is -0.497 e. The van der Waals surface area contributed by atoms with E-state index in [1.807, 2.05) is 36.4 Å². The molecule has 0 amide bonds. The largest absolute Gasteiger partial charge is 0.497 e. The summed E-state index contributed by atoms with van der Waals surface area (Å²) in [6, 6.07) is 14.9. The molecule has 1 N–H and O–H groups in total. The van der Waals surface area contributed by atoms with Crippen LogP contribution in [0.25, 0.3) is 11.1 Å². The third-order valence-corrected chi connectivity index (χ3v) is 3.54. The molecule has 0 aliphatic heterocycles. The highest BCUT2D eigenvalue weighted by Crippen LogP contribution is 2.27. The van der Waals surface area contributed by atoms with Gasteiger partial charge in [-0.25, -0.2) is 4.79 Å². The highest BCUT2D eigenvalue weighted by atomic mass is 16.5. The van der Waals surface area contributed by atoms with Crippen LogP contribution < -0.4 is 4.74 Å². The summed E-state index contributed by atoms with van der Waals surface area (Å²) >= 11 is 0. The molecule has 0 aliphatic carbocycles. The van der Waals surface area contributed by atoms with Crippen molar-refractivity contribution in [2.75, 3.05) is 13.7 Å². The standard InChI is InChI=1S/C18H20O4/c1-4-22-17(19)18(2,20)15-9-5-13(6-10-15)14-7-11-16(21-3)12-8-14/h5-12,20H,4H2,1-3H3. The van der Waals surface area contributed by atoms with Gasteiger partial charge < -0.3 is 14.6 Å². The van der Waals surface area contributed by atoms with E-state index in [1.165, 1.54) is 6.92 Å². The Labute approximate surface area is 130 Å². The molecule has 0 radical (unpaired) electrons. The van der Waals surface area contributed by atoms with Crippen molar-refractivity contribution in [3.63, 3.8) is 0 Å². The average molecular weight is 300 g/mol. The predicted molar refractivity (Wildman–Crippen MR) is 84.6 cm³/mol. The lowest BCUT2D eigenvalue weighted by Gasteiger charge is -2.21. The second-order valence-electron chi connectivity index (χ2n) is 5.10. The Balaban J connectivity index is 2.24. The number of rotatable bonds is 5. The fourth-order valence-corrected chi connectivity index (χ4v) is 2.16. The molecule has 22 heavy (non-hydrogen) atoms. The molecule has 0 fully saturated rings. The second-order valence-corrected chi connectivity index (χ2v) is 5.10. The molecule has 2 aromatic carbocycles. The van der Waals surface area contributed by atoms with Crippen LogP contribution in [-0.4, -0.2) is 24.8 Å². The first-order chi connectivity index (χ1) is 10.5. The minimum absolute atomic E-state index is 0.235. The Morgan fingerprint density at radius 3 is 2.00 bits per heavy atom. The predicted octanol–water partition coefficient (Wildman–Crippen LogP) is 3.13. The number of hydrogen-bond donors (Lipinski definition) is 1. The Morgan fingerprint density at radius 2 is 1.55 bits per heavy atom. The first kappa shape index (κ1) is 16.0.